The van der Waals surface area contributed by atoms with Crippen molar-refractivity contribution in [3.63, 3.8) is 0 Å². The molecule has 1 atom stereocenters. The first-order valence-corrected chi connectivity index (χ1v) is 12.2. The Bertz CT molecular complexity index is 711. The van der Waals surface area contributed by atoms with E-state index < -0.39 is 9.84 Å². The quantitative estimate of drug-likeness (QED) is 0.593. The maximum atomic E-state index is 13.2. The summed E-state index contributed by atoms with van der Waals surface area (Å²) in [5, 5.41) is 9.34. The van der Waals surface area contributed by atoms with Crippen LogP contribution in [0.15, 0.2) is 11.4 Å². The Morgan fingerprint density at radius 2 is 1.96 bits per heavy atom. The number of likely N-dealkylation sites (tertiary alicyclic amines) is 1. The van der Waals surface area contributed by atoms with Gasteiger partial charge in [-0.25, -0.2) is 13.4 Å². The van der Waals surface area contributed by atoms with Gasteiger partial charge in [-0.2, -0.15) is 0 Å². The van der Waals surface area contributed by atoms with Gasteiger partial charge in [0.05, 0.1) is 17.1 Å². The molecule has 0 amide bonds. The highest BCUT2D eigenvalue weighted by atomic mass is 32.2. The second-order valence-corrected chi connectivity index (χ2v) is 10.2. The highest BCUT2D eigenvalue weighted by Crippen LogP contribution is 2.30. The maximum Gasteiger partial charge on any atom is 0.228 e. The molecule has 0 bridgehead atoms. The van der Waals surface area contributed by atoms with Crippen molar-refractivity contribution in [3.8, 4) is 0 Å². The standard InChI is InChI=1S/C20H35N3O4S/c1-27-14-6-12-23-18(16-22-11-5-4-7-17(22)10-13-24)15-21-20(23)28(25,26)19-8-2-3-9-19/h15,17,19,24H,2-14,16H2,1H3/t17-/m0/s1. The lowest BCUT2D eigenvalue weighted by atomic mass is 9.99. The van der Waals surface area contributed by atoms with Gasteiger partial charge in [0.15, 0.2) is 0 Å². The Balaban J connectivity index is 1.84. The summed E-state index contributed by atoms with van der Waals surface area (Å²) in [5.74, 6) is 0. The molecule has 1 saturated carbocycles. The number of nitrogens with zero attached hydrogens (tertiary/aromatic N) is 3. The Morgan fingerprint density at radius 3 is 2.68 bits per heavy atom. The number of ether oxygens (including phenoxy) is 1. The molecule has 0 spiro atoms. The summed E-state index contributed by atoms with van der Waals surface area (Å²) in [4.78, 5) is 6.79. The molecule has 0 aromatic carbocycles. The summed E-state index contributed by atoms with van der Waals surface area (Å²) in [6.45, 7) is 3.05. The zero-order valence-electron chi connectivity index (χ0n) is 17.1. The van der Waals surface area contributed by atoms with Crippen molar-refractivity contribution >= 4 is 9.84 Å². The number of aliphatic hydroxyl groups excluding tert-OH is 1. The summed E-state index contributed by atoms with van der Waals surface area (Å²) in [6, 6.07) is 0.357. The zero-order chi connectivity index (χ0) is 20.0. The number of aliphatic hydroxyl groups is 1. The third kappa shape index (κ3) is 4.96. The Morgan fingerprint density at radius 1 is 1.21 bits per heavy atom. The average molecular weight is 414 g/mol. The van der Waals surface area contributed by atoms with Crippen molar-refractivity contribution in [2.24, 2.45) is 0 Å². The second kappa shape index (κ2) is 10.2. The number of hydrogen-bond donors (Lipinski definition) is 1. The van der Waals surface area contributed by atoms with Crippen molar-refractivity contribution in [2.45, 2.75) is 87.3 Å². The third-order valence-corrected chi connectivity index (χ3v) is 8.39. The van der Waals surface area contributed by atoms with Crippen LogP contribution in [0.5, 0.6) is 0 Å². The van der Waals surface area contributed by atoms with Gasteiger partial charge >= 0.3 is 0 Å². The van der Waals surface area contributed by atoms with Crippen LogP contribution in [-0.4, -0.2) is 66.1 Å². The van der Waals surface area contributed by atoms with Gasteiger partial charge in [0, 0.05) is 39.5 Å². The molecule has 1 saturated heterocycles. The number of methoxy groups -OCH3 is 1. The largest absolute Gasteiger partial charge is 0.396 e. The molecule has 2 aliphatic rings. The van der Waals surface area contributed by atoms with Crippen LogP contribution in [0.2, 0.25) is 0 Å². The van der Waals surface area contributed by atoms with Crippen LogP contribution in [-0.2, 0) is 27.7 Å². The summed E-state index contributed by atoms with van der Waals surface area (Å²) in [5.41, 5.74) is 0.956. The number of aromatic nitrogens is 2. The number of sulfone groups is 1. The van der Waals surface area contributed by atoms with E-state index in [1.54, 1.807) is 13.3 Å². The number of hydrogen-bond acceptors (Lipinski definition) is 6. The van der Waals surface area contributed by atoms with Gasteiger partial charge in [-0.3, -0.25) is 4.90 Å². The topological polar surface area (TPSA) is 84.7 Å². The third-order valence-electron chi connectivity index (χ3n) is 6.20. The normalized spacial score (nSPS) is 22.1. The van der Waals surface area contributed by atoms with Gasteiger partial charge in [0.25, 0.3) is 0 Å². The molecule has 1 N–H and O–H groups in total. The van der Waals surface area contributed by atoms with Crippen molar-refractivity contribution in [1.82, 2.24) is 14.5 Å². The fourth-order valence-electron chi connectivity index (χ4n) is 4.65. The second-order valence-electron chi connectivity index (χ2n) is 8.11. The molecule has 8 heteroatoms. The van der Waals surface area contributed by atoms with E-state index >= 15 is 0 Å². The van der Waals surface area contributed by atoms with Crippen LogP contribution in [0.25, 0.3) is 0 Å². The van der Waals surface area contributed by atoms with Crippen LogP contribution < -0.4 is 0 Å². The molecule has 160 valence electrons. The summed E-state index contributed by atoms with van der Waals surface area (Å²) < 4.78 is 33.5. The smallest absolute Gasteiger partial charge is 0.228 e. The van der Waals surface area contributed by atoms with E-state index in [4.69, 9.17) is 4.74 Å². The van der Waals surface area contributed by atoms with Crippen molar-refractivity contribution in [3.05, 3.63) is 11.9 Å². The molecule has 1 aliphatic carbocycles. The summed E-state index contributed by atoms with van der Waals surface area (Å²) in [7, 11) is -1.73. The van der Waals surface area contributed by atoms with Crippen LogP contribution in [0, 0.1) is 0 Å². The molecular formula is C20H35N3O4S. The lowest BCUT2D eigenvalue weighted by Gasteiger charge is -2.35. The Labute approximate surface area is 169 Å². The average Bonchev–Trinajstić information content (AvgIpc) is 3.35. The molecule has 28 heavy (non-hydrogen) atoms. The van der Waals surface area contributed by atoms with Crippen molar-refractivity contribution in [1.29, 1.82) is 0 Å². The fourth-order valence-corrected chi connectivity index (χ4v) is 6.62. The van der Waals surface area contributed by atoms with Gasteiger partial charge in [-0.15, -0.1) is 0 Å². The first-order chi connectivity index (χ1) is 13.6. The van der Waals surface area contributed by atoms with Gasteiger partial charge in [-0.05, 0) is 45.1 Å². The maximum absolute atomic E-state index is 13.2. The lowest BCUT2D eigenvalue weighted by molar-refractivity contribution is 0.109. The molecule has 1 aromatic rings. The molecule has 3 rings (SSSR count). The molecule has 2 fully saturated rings. The van der Waals surface area contributed by atoms with Gasteiger partial charge in [0.1, 0.15) is 0 Å². The van der Waals surface area contributed by atoms with E-state index in [0.29, 0.717) is 25.7 Å². The van der Waals surface area contributed by atoms with E-state index in [1.165, 1.54) is 6.42 Å². The Kier molecular flexibility index (Phi) is 7.91. The van der Waals surface area contributed by atoms with Crippen LogP contribution in [0.1, 0.15) is 63.5 Å². The molecular weight excluding hydrogens is 378 g/mol. The van der Waals surface area contributed by atoms with E-state index in [9.17, 15) is 13.5 Å². The minimum absolute atomic E-state index is 0.190. The number of piperidine rings is 1. The predicted octanol–water partition coefficient (Wildman–Crippen LogP) is 2.37. The zero-order valence-corrected chi connectivity index (χ0v) is 17.9. The van der Waals surface area contributed by atoms with Crippen molar-refractivity contribution in [2.75, 3.05) is 26.9 Å². The highest BCUT2D eigenvalue weighted by Gasteiger charge is 2.35. The number of rotatable bonds is 10. The molecule has 1 aromatic heterocycles. The molecule has 0 radical (unpaired) electrons. The van der Waals surface area contributed by atoms with E-state index in [2.05, 4.69) is 9.88 Å². The van der Waals surface area contributed by atoms with Gasteiger partial charge in [-0.1, -0.05) is 19.3 Å². The van der Waals surface area contributed by atoms with Crippen LogP contribution >= 0.6 is 0 Å². The minimum atomic E-state index is -3.40. The van der Waals surface area contributed by atoms with E-state index in [1.807, 2.05) is 4.57 Å². The fraction of sp³-hybridized carbons (Fsp3) is 0.850. The minimum Gasteiger partial charge on any atom is -0.396 e. The lowest BCUT2D eigenvalue weighted by Crippen LogP contribution is -2.40. The van der Waals surface area contributed by atoms with Gasteiger partial charge in [0.2, 0.25) is 15.0 Å². The predicted molar refractivity (Wildman–Crippen MR) is 108 cm³/mol. The molecule has 2 heterocycles. The summed E-state index contributed by atoms with van der Waals surface area (Å²) >= 11 is 0. The van der Waals surface area contributed by atoms with E-state index in [0.717, 1.165) is 63.6 Å². The molecule has 0 unspecified atom stereocenters. The number of imidazole rings is 1. The molecule has 7 nitrogen and oxygen atoms in total. The Hall–Kier alpha value is -0.960. The SMILES string of the molecule is COCCCn1c(CN2CCCC[C@H]2CCO)cnc1S(=O)(=O)C1CCCC1. The van der Waals surface area contributed by atoms with Crippen molar-refractivity contribution < 1.29 is 18.3 Å². The molecule has 1 aliphatic heterocycles. The first-order valence-electron chi connectivity index (χ1n) is 10.7. The first kappa shape index (κ1) is 21.7. The van der Waals surface area contributed by atoms with Gasteiger partial charge < -0.3 is 14.4 Å². The van der Waals surface area contributed by atoms with E-state index in [-0.39, 0.29) is 17.0 Å². The summed E-state index contributed by atoms with van der Waals surface area (Å²) in [6.07, 6.45) is 10.2. The monoisotopic (exact) mass is 413 g/mol. The van der Waals surface area contributed by atoms with Crippen LogP contribution in [0.3, 0.4) is 0 Å². The van der Waals surface area contributed by atoms with Crippen LogP contribution in [0.4, 0.5) is 0 Å². The highest BCUT2D eigenvalue weighted by molar-refractivity contribution is 7.91.